The summed E-state index contributed by atoms with van der Waals surface area (Å²) < 4.78 is 3.02. The third-order valence-corrected chi connectivity index (χ3v) is 2.95. The van der Waals surface area contributed by atoms with Crippen molar-refractivity contribution >= 4 is 21.6 Å². The summed E-state index contributed by atoms with van der Waals surface area (Å²) >= 11 is 1.49. The highest BCUT2D eigenvalue weighted by Gasteiger charge is 1.99. The van der Waals surface area contributed by atoms with Crippen molar-refractivity contribution in [3.63, 3.8) is 0 Å². The van der Waals surface area contributed by atoms with Crippen LogP contribution in [0.2, 0.25) is 0 Å². The number of rotatable bonds is 1. The van der Waals surface area contributed by atoms with Crippen molar-refractivity contribution in [1.82, 2.24) is 10.1 Å². The molecule has 0 saturated heterocycles. The van der Waals surface area contributed by atoms with E-state index in [1.165, 1.54) is 11.3 Å². The van der Waals surface area contributed by atoms with E-state index in [-0.39, 0.29) is 0 Å². The topological polar surface area (TPSA) is 52.0 Å². The Hall–Kier alpha value is -1.49. The van der Waals surface area contributed by atoms with Gasteiger partial charge in [0.25, 0.3) is 0 Å². The predicted molar refractivity (Wildman–Crippen MR) is 50.9 cm³/mol. The zero-order valence-corrected chi connectivity index (χ0v) is 7.82. The third-order valence-electron chi connectivity index (χ3n) is 1.85. The van der Waals surface area contributed by atoms with Gasteiger partial charge in [0.2, 0.25) is 4.80 Å². The van der Waals surface area contributed by atoms with Crippen LogP contribution in [0.25, 0.3) is 10.2 Å². The third kappa shape index (κ3) is 1.27. The van der Waals surface area contributed by atoms with E-state index in [2.05, 4.69) is 10.3 Å². The summed E-state index contributed by atoms with van der Waals surface area (Å²) in [6.45, 7) is 0. The Morgan fingerprint density at radius 3 is 2.85 bits per heavy atom. The molecule has 13 heavy (non-hydrogen) atoms. The molecule has 0 aliphatic carbocycles. The SMILES string of the molecule is Cn1/c(=N\N=[N])sc2ccccc21. The highest BCUT2D eigenvalue weighted by molar-refractivity contribution is 7.16. The molecule has 0 N–H and O–H groups in total. The molecule has 1 heterocycles. The number of thiazole rings is 1. The molecule has 0 amide bonds. The van der Waals surface area contributed by atoms with Crippen LogP contribution in [0, 0.1) is 0 Å². The number of nitrogens with zero attached hydrogens (tertiary/aromatic N) is 4. The Labute approximate surface area is 78.7 Å². The van der Waals surface area contributed by atoms with Gasteiger partial charge in [0.1, 0.15) is 0 Å². The van der Waals surface area contributed by atoms with Crippen LogP contribution in [0.4, 0.5) is 0 Å². The first kappa shape index (κ1) is 8.12. The van der Waals surface area contributed by atoms with Crippen LogP contribution >= 0.6 is 11.3 Å². The lowest BCUT2D eigenvalue weighted by atomic mass is 10.3. The molecule has 0 aliphatic rings. The number of hydrogen-bond donors (Lipinski definition) is 0. The number of fused-ring (bicyclic) bond motifs is 1. The Morgan fingerprint density at radius 2 is 2.15 bits per heavy atom. The number of para-hydroxylation sites is 1. The largest absolute Gasteiger partial charge is 0.318 e. The highest BCUT2D eigenvalue weighted by Crippen LogP contribution is 2.14. The minimum absolute atomic E-state index is 0.684. The van der Waals surface area contributed by atoms with Gasteiger partial charge in [0.15, 0.2) is 0 Å². The minimum atomic E-state index is 0.684. The normalized spacial score (nSPS) is 12.2. The van der Waals surface area contributed by atoms with Crippen LogP contribution in [0.15, 0.2) is 34.6 Å². The second kappa shape index (κ2) is 3.10. The number of aromatic nitrogens is 1. The first-order valence-electron chi connectivity index (χ1n) is 3.75. The van der Waals surface area contributed by atoms with Crippen LogP contribution < -0.4 is 10.3 Å². The molecule has 0 spiro atoms. The summed E-state index contributed by atoms with van der Waals surface area (Å²) in [6, 6.07) is 7.95. The molecule has 0 saturated carbocycles. The van der Waals surface area contributed by atoms with Crippen molar-refractivity contribution < 1.29 is 0 Å². The predicted octanol–water partition coefficient (Wildman–Crippen LogP) is 1.31. The first-order chi connectivity index (χ1) is 6.33. The van der Waals surface area contributed by atoms with Crippen molar-refractivity contribution in [2.45, 2.75) is 0 Å². The van der Waals surface area contributed by atoms with E-state index >= 15 is 0 Å². The van der Waals surface area contributed by atoms with Crippen molar-refractivity contribution in [3.05, 3.63) is 29.1 Å². The molecule has 0 fully saturated rings. The van der Waals surface area contributed by atoms with Crippen LogP contribution in [0.3, 0.4) is 0 Å². The summed E-state index contributed by atoms with van der Waals surface area (Å²) in [5.41, 5.74) is 9.41. The zero-order valence-electron chi connectivity index (χ0n) is 7.01. The second-order valence-corrected chi connectivity index (χ2v) is 3.61. The lowest BCUT2D eigenvalue weighted by Crippen LogP contribution is -2.08. The smallest absolute Gasteiger partial charge is 0.213 e. The Balaban J connectivity index is 2.89. The van der Waals surface area contributed by atoms with Crippen LogP contribution in [0.1, 0.15) is 0 Å². The van der Waals surface area contributed by atoms with Gasteiger partial charge in [-0.2, -0.15) is 0 Å². The van der Waals surface area contributed by atoms with Crippen LogP contribution in [-0.2, 0) is 7.05 Å². The molecular formula is C8H7N4S. The zero-order chi connectivity index (χ0) is 9.26. The van der Waals surface area contributed by atoms with Gasteiger partial charge in [-0.25, -0.2) is 0 Å². The molecule has 4 nitrogen and oxygen atoms in total. The van der Waals surface area contributed by atoms with E-state index in [1.807, 2.05) is 35.9 Å². The minimum Gasteiger partial charge on any atom is -0.318 e. The van der Waals surface area contributed by atoms with Crippen molar-refractivity contribution in [1.29, 1.82) is 0 Å². The lowest BCUT2D eigenvalue weighted by molar-refractivity contribution is 0.871. The quantitative estimate of drug-likeness (QED) is 0.482. The van der Waals surface area contributed by atoms with Gasteiger partial charge in [0, 0.05) is 7.05 Å². The van der Waals surface area contributed by atoms with Crippen molar-refractivity contribution in [2.75, 3.05) is 0 Å². The monoisotopic (exact) mass is 191 g/mol. The second-order valence-electron chi connectivity index (χ2n) is 2.60. The molecule has 5 heteroatoms. The molecule has 1 aromatic carbocycles. The van der Waals surface area contributed by atoms with Gasteiger partial charge in [-0.15, -0.1) is 0 Å². The Kier molecular flexibility index (Phi) is 1.94. The number of aryl methyl sites for hydroxylation is 1. The van der Waals surface area contributed by atoms with E-state index in [1.54, 1.807) is 0 Å². The Morgan fingerprint density at radius 1 is 1.38 bits per heavy atom. The molecule has 0 aliphatic heterocycles. The molecule has 2 rings (SSSR count). The fraction of sp³-hybridized carbons (Fsp3) is 0.125. The molecule has 2 aromatic rings. The molecule has 1 radical (unpaired) electrons. The van der Waals surface area contributed by atoms with Gasteiger partial charge in [-0.1, -0.05) is 28.6 Å². The fourth-order valence-corrected chi connectivity index (χ4v) is 2.18. The fourth-order valence-electron chi connectivity index (χ4n) is 1.22. The number of benzene rings is 1. The molecule has 65 valence electrons. The summed E-state index contributed by atoms with van der Waals surface area (Å²) in [5, 5.41) is 6.38. The summed E-state index contributed by atoms with van der Waals surface area (Å²) in [7, 11) is 1.89. The number of hydrogen-bond acceptors (Lipinski definition) is 2. The lowest BCUT2D eigenvalue weighted by Gasteiger charge is -1.91. The molecule has 0 unspecified atom stereocenters. The van der Waals surface area contributed by atoms with E-state index in [9.17, 15) is 0 Å². The van der Waals surface area contributed by atoms with Gasteiger partial charge >= 0.3 is 0 Å². The summed E-state index contributed by atoms with van der Waals surface area (Å²) in [6.07, 6.45) is 0. The van der Waals surface area contributed by atoms with E-state index in [4.69, 9.17) is 5.53 Å². The van der Waals surface area contributed by atoms with Gasteiger partial charge in [-0.3, -0.25) is 0 Å². The van der Waals surface area contributed by atoms with E-state index in [0.717, 1.165) is 10.2 Å². The van der Waals surface area contributed by atoms with E-state index in [0.29, 0.717) is 4.80 Å². The molecule has 0 bridgehead atoms. The van der Waals surface area contributed by atoms with Crippen LogP contribution in [-0.4, -0.2) is 4.57 Å². The standard InChI is InChI=1S/C8H7N4S/c1-12-6-4-2-3-5-7(6)13-8(12)10-11-9/h2-5H,1H3/b10-8+. The average molecular weight is 191 g/mol. The molecular weight excluding hydrogens is 184 g/mol. The maximum absolute atomic E-state index is 8.32. The summed E-state index contributed by atoms with van der Waals surface area (Å²) in [5.74, 6) is 0. The van der Waals surface area contributed by atoms with Gasteiger partial charge < -0.3 is 4.57 Å². The molecule has 0 atom stereocenters. The Bertz CT molecular complexity index is 508. The first-order valence-corrected chi connectivity index (χ1v) is 4.57. The van der Waals surface area contributed by atoms with Gasteiger partial charge in [-0.05, 0) is 22.9 Å². The molecule has 1 aromatic heterocycles. The summed E-state index contributed by atoms with van der Waals surface area (Å²) in [4.78, 5) is 0.684. The average Bonchev–Trinajstić information content (AvgIpc) is 2.46. The van der Waals surface area contributed by atoms with E-state index < -0.39 is 0 Å². The van der Waals surface area contributed by atoms with Gasteiger partial charge in [0.05, 0.1) is 10.2 Å². The van der Waals surface area contributed by atoms with Crippen LogP contribution in [0.5, 0.6) is 0 Å². The van der Waals surface area contributed by atoms with Crippen molar-refractivity contribution in [3.8, 4) is 0 Å². The maximum atomic E-state index is 8.32. The highest BCUT2D eigenvalue weighted by atomic mass is 32.1. The maximum Gasteiger partial charge on any atom is 0.213 e. The van der Waals surface area contributed by atoms with Crippen molar-refractivity contribution in [2.24, 2.45) is 17.4 Å².